The van der Waals surface area contributed by atoms with Gasteiger partial charge >= 0.3 is 0 Å². The highest BCUT2D eigenvalue weighted by molar-refractivity contribution is 8.03. The summed E-state index contributed by atoms with van der Waals surface area (Å²) in [6.07, 6.45) is 1.32. The van der Waals surface area contributed by atoms with Crippen molar-refractivity contribution in [1.82, 2.24) is 10.2 Å². The number of aromatic carboxylic acids is 1. The first kappa shape index (κ1) is 14.8. The Morgan fingerprint density at radius 2 is 1.86 bits per heavy atom. The van der Waals surface area contributed by atoms with Crippen LogP contribution >= 0.6 is 11.8 Å². The summed E-state index contributed by atoms with van der Waals surface area (Å²) in [7, 11) is 0. The number of thioether (sulfide) groups is 1. The van der Waals surface area contributed by atoms with Gasteiger partial charge in [0.25, 0.3) is 5.22 Å². The Morgan fingerprint density at radius 3 is 2.33 bits per heavy atom. The second-order valence-electron chi connectivity index (χ2n) is 3.89. The lowest BCUT2D eigenvalue weighted by Gasteiger charge is -2.06. The molecule has 0 aliphatic rings. The summed E-state index contributed by atoms with van der Waals surface area (Å²) in [5.41, 5.74) is 0.491. The van der Waals surface area contributed by atoms with Gasteiger partial charge in [-0.05, 0) is 29.0 Å². The summed E-state index contributed by atoms with van der Waals surface area (Å²) in [6.45, 7) is 1.58. The lowest BCUT2D eigenvalue weighted by Crippen LogP contribution is -2.23. The van der Waals surface area contributed by atoms with Crippen molar-refractivity contribution < 1.29 is 24.2 Å². The van der Waals surface area contributed by atoms with Gasteiger partial charge in [-0.1, -0.05) is 24.3 Å². The van der Waals surface area contributed by atoms with Crippen LogP contribution < -0.4 is 10.2 Å². The van der Waals surface area contributed by atoms with Crippen LogP contribution in [-0.4, -0.2) is 22.1 Å². The highest BCUT2D eigenvalue weighted by atomic mass is 32.2. The van der Waals surface area contributed by atoms with Gasteiger partial charge in [-0.15, -0.1) is 10.2 Å². The number of hydrogen-bond donors (Lipinski definition) is 0. The zero-order chi connectivity index (χ0) is 15.4. The number of nitrogens with zero attached hydrogens (tertiary/aromatic N) is 2. The van der Waals surface area contributed by atoms with Crippen LogP contribution in [0.5, 0.6) is 0 Å². The molecule has 0 unspecified atom stereocenters. The SMILES string of the molecule is Cc1nnc(S/C(=C\c2ccc(C(=O)[O-])cc2)C(=O)[O-])o1. The topological polar surface area (TPSA) is 119 Å². The Morgan fingerprint density at radius 1 is 1.19 bits per heavy atom. The molecule has 2 rings (SSSR count). The second kappa shape index (κ2) is 6.23. The smallest absolute Gasteiger partial charge is 0.281 e. The minimum Gasteiger partial charge on any atom is -0.545 e. The minimum atomic E-state index is -1.40. The van der Waals surface area contributed by atoms with E-state index in [0.717, 1.165) is 11.8 Å². The molecule has 0 aliphatic carbocycles. The molecule has 8 heteroatoms. The standard InChI is InChI=1S/C13H10N2O5S/c1-7-14-15-13(20-7)21-10(12(18)19)6-8-2-4-9(5-3-8)11(16)17/h2-6H,1H3,(H,16,17)(H,18,19)/p-2/b10-6-. The molecule has 0 N–H and O–H groups in total. The number of benzene rings is 1. The largest absolute Gasteiger partial charge is 0.545 e. The number of aromatic nitrogens is 2. The summed E-state index contributed by atoms with van der Waals surface area (Å²) in [6, 6.07) is 5.53. The Kier molecular flexibility index (Phi) is 4.39. The van der Waals surface area contributed by atoms with Gasteiger partial charge in [0.05, 0.1) is 11.9 Å². The molecule has 0 spiro atoms. The predicted molar refractivity (Wildman–Crippen MR) is 68.6 cm³/mol. The van der Waals surface area contributed by atoms with E-state index in [1.165, 1.54) is 30.3 Å². The maximum Gasteiger partial charge on any atom is 0.281 e. The molecule has 21 heavy (non-hydrogen) atoms. The highest BCUT2D eigenvalue weighted by Gasteiger charge is 2.08. The molecule has 2 aromatic rings. The second-order valence-corrected chi connectivity index (χ2v) is 4.89. The third kappa shape index (κ3) is 3.93. The summed E-state index contributed by atoms with van der Waals surface area (Å²) in [5, 5.41) is 29.1. The van der Waals surface area contributed by atoms with Crippen molar-refractivity contribution in [3.63, 3.8) is 0 Å². The molecular formula is C13H8N2O5S-2. The first-order valence-electron chi connectivity index (χ1n) is 5.68. The number of carboxylic acid groups (broad SMARTS) is 2. The normalized spacial score (nSPS) is 11.4. The van der Waals surface area contributed by atoms with E-state index in [2.05, 4.69) is 10.2 Å². The summed E-state index contributed by atoms with van der Waals surface area (Å²) in [4.78, 5) is 21.6. The van der Waals surface area contributed by atoms with Crippen LogP contribution in [0.15, 0.2) is 38.8 Å². The lowest BCUT2D eigenvalue weighted by atomic mass is 10.1. The van der Waals surface area contributed by atoms with Crippen LogP contribution in [-0.2, 0) is 4.79 Å². The molecule has 0 aliphatic heterocycles. The van der Waals surface area contributed by atoms with E-state index in [1.807, 2.05) is 0 Å². The van der Waals surface area contributed by atoms with Crippen LogP contribution in [0.3, 0.4) is 0 Å². The summed E-state index contributed by atoms with van der Waals surface area (Å²) in [5.74, 6) is -2.39. The third-order valence-electron chi connectivity index (χ3n) is 2.35. The van der Waals surface area contributed by atoms with Crippen LogP contribution in [0.2, 0.25) is 0 Å². The van der Waals surface area contributed by atoms with Gasteiger partial charge < -0.3 is 24.2 Å². The number of aliphatic carboxylic acids is 1. The first-order chi connectivity index (χ1) is 9.95. The number of rotatable bonds is 5. The molecular weight excluding hydrogens is 296 g/mol. The molecule has 0 saturated heterocycles. The van der Waals surface area contributed by atoms with Crippen molar-refractivity contribution in [2.24, 2.45) is 0 Å². The zero-order valence-corrected chi connectivity index (χ0v) is 11.5. The van der Waals surface area contributed by atoms with Crippen LogP contribution in [0, 0.1) is 6.92 Å². The molecule has 1 aromatic heterocycles. The van der Waals surface area contributed by atoms with Gasteiger partial charge in [0.15, 0.2) is 0 Å². The average Bonchev–Trinajstić information content (AvgIpc) is 2.84. The Hall–Kier alpha value is -2.61. The minimum absolute atomic E-state index is 0.00216. The zero-order valence-electron chi connectivity index (χ0n) is 10.7. The lowest BCUT2D eigenvalue weighted by molar-refractivity contribution is -0.298. The summed E-state index contributed by atoms with van der Waals surface area (Å²) < 4.78 is 5.08. The fourth-order valence-electron chi connectivity index (χ4n) is 1.41. The number of carbonyl (C=O) groups excluding carboxylic acids is 2. The fraction of sp³-hybridized carbons (Fsp3) is 0.0769. The van der Waals surface area contributed by atoms with Gasteiger partial charge in [0.1, 0.15) is 0 Å². The average molecular weight is 304 g/mol. The maximum absolute atomic E-state index is 11.1. The van der Waals surface area contributed by atoms with Gasteiger partial charge in [0.2, 0.25) is 5.89 Å². The molecule has 7 nitrogen and oxygen atoms in total. The highest BCUT2D eigenvalue weighted by Crippen LogP contribution is 2.26. The molecule has 0 fully saturated rings. The molecule has 0 atom stereocenters. The number of carboxylic acids is 2. The predicted octanol–water partition coefficient (Wildman–Crippen LogP) is -0.375. The van der Waals surface area contributed by atoms with Crippen molar-refractivity contribution in [3.8, 4) is 0 Å². The van der Waals surface area contributed by atoms with E-state index < -0.39 is 11.9 Å². The molecule has 0 bridgehead atoms. The monoisotopic (exact) mass is 304 g/mol. The molecule has 108 valence electrons. The van der Waals surface area contributed by atoms with Crippen LogP contribution in [0.4, 0.5) is 0 Å². The van der Waals surface area contributed by atoms with Crippen LogP contribution in [0.25, 0.3) is 6.08 Å². The fourth-order valence-corrected chi connectivity index (χ4v) is 2.12. The van der Waals surface area contributed by atoms with E-state index >= 15 is 0 Å². The molecule has 0 amide bonds. The Labute approximate surface area is 123 Å². The van der Waals surface area contributed by atoms with E-state index in [4.69, 9.17) is 4.42 Å². The molecule has 1 aromatic carbocycles. The first-order valence-corrected chi connectivity index (χ1v) is 6.50. The van der Waals surface area contributed by atoms with Crippen molar-refractivity contribution in [2.75, 3.05) is 0 Å². The Bertz CT molecular complexity index is 706. The number of hydrogen-bond acceptors (Lipinski definition) is 8. The number of carbonyl (C=O) groups is 2. The van der Waals surface area contributed by atoms with Crippen molar-refractivity contribution >= 4 is 29.8 Å². The van der Waals surface area contributed by atoms with Crippen LogP contribution in [0.1, 0.15) is 21.8 Å². The summed E-state index contributed by atoms with van der Waals surface area (Å²) >= 11 is 0.753. The number of aryl methyl sites for hydroxylation is 1. The van der Waals surface area contributed by atoms with E-state index in [-0.39, 0.29) is 15.7 Å². The quantitative estimate of drug-likeness (QED) is 0.542. The Balaban J connectivity index is 2.24. The molecule has 0 saturated carbocycles. The van der Waals surface area contributed by atoms with E-state index in [0.29, 0.717) is 11.5 Å². The molecule has 0 radical (unpaired) electrons. The molecule has 1 heterocycles. The van der Waals surface area contributed by atoms with Gasteiger partial charge in [0, 0.05) is 11.8 Å². The van der Waals surface area contributed by atoms with Crippen molar-refractivity contribution in [3.05, 3.63) is 46.2 Å². The van der Waals surface area contributed by atoms with Crippen molar-refractivity contribution in [2.45, 2.75) is 12.1 Å². The maximum atomic E-state index is 11.1. The third-order valence-corrected chi connectivity index (χ3v) is 3.19. The van der Waals surface area contributed by atoms with E-state index in [1.54, 1.807) is 6.92 Å². The van der Waals surface area contributed by atoms with Gasteiger partial charge in [-0.3, -0.25) is 0 Å². The van der Waals surface area contributed by atoms with Gasteiger partial charge in [-0.25, -0.2) is 0 Å². The van der Waals surface area contributed by atoms with E-state index in [9.17, 15) is 19.8 Å². The van der Waals surface area contributed by atoms with Gasteiger partial charge in [-0.2, -0.15) is 0 Å². The van der Waals surface area contributed by atoms with Crippen molar-refractivity contribution in [1.29, 1.82) is 0 Å².